The van der Waals surface area contributed by atoms with Crippen LogP contribution in [0.15, 0.2) is 24.8 Å². The molecule has 2 aromatic rings. The molecule has 2 N–H and O–H groups in total. The molecule has 0 aromatic carbocycles. The second-order valence-corrected chi connectivity index (χ2v) is 5.95. The number of urea groups is 1. The standard InChI is InChI=1S/C15H22N8O/c1-11(13-21-18-10-22(13)2)19-15(24)20-12-4-8-23(9-5-12)14-16-6-3-7-17-14/h3,6-7,10-12H,4-5,8-9H2,1-2H3,(H2,19,20,24)/t11-/m0/s1. The molecule has 2 aromatic heterocycles. The van der Waals surface area contributed by atoms with E-state index in [1.165, 1.54) is 0 Å². The van der Waals surface area contributed by atoms with E-state index in [2.05, 4.69) is 35.7 Å². The predicted molar refractivity (Wildman–Crippen MR) is 88.4 cm³/mol. The number of hydrogen-bond acceptors (Lipinski definition) is 6. The van der Waals surface area contributed by atoms with Crippen LogP contribution < -0.4 is 15.5 Å². The number of anilines is 1. The Morgan fingerprint density at radius 3 is 2.62 bits per heavy atom. The van der Waals surface area contributed by atoms with Gasteiger partial charge in [0.1, 0.15) is 6.33 Å². The van der Waals surface area contributed by atoms with Crippen molar-refractivity contribution in [3.8, 4) is 0 Å². The van der Waals surface area contributed by atoms with Gasteiger partial charge in [-0.3, -0.25) is 0 Å². The largest absolute Gasteiger partial charge is 0.341 e. The summed E-state index contributed by atoms with van der Waals surface area (Å²) >= 11 is 0. The average molecular weight is 330 g/mol. The highest BCUT2D eigenvalue weighted by molar-refractivity contribution is 5.74. The quantitative estimate of drug-likeness (QED) is 0.853. The van der Waals surface area contributed by atoms with Crippen molar-refractivity contribution in [2.75, 3.05) is 18.0 Å². The molecule has 2 amide bonds. The highest BCUT2D eigenvalue weighted by Gasteiger charge is 2.23. The van der Waals surface area contributed by atoms with E-state index in [0.29, 0.717) is 0 Å². The number of aryl methyl sites for hydroxylation is 1. The third-order valence-electron chi connectivity index (χ3n) is 4.15. The van der Waals surface area contributed by atoms with Crippen molar-refractivity contribution in [1.29, 1.82) is 0 Å². The Morgan fingerprint density at radius 2 is 2.00 bits per heavy atom. The lowest BCUT2D eigenvalue weighted by Crippen LogP contribution is -2.48. The van der Waals surface area contributed by atoms with Gasteiger partial charge >= 0.3 is 6.03 Å². The fraction of sp³-hybridized carbons (Fsp3) is 0.533. The van der Waals surface area contributed by atoms with Crippen LogP contribution >= 0.6 is 0 Å². The van der Waals surface area contributed by atoms with E-state index in [-0.39, 0.29) is 18.1 Å². The first kappa shape index (κ1) is 16.2. The van der Waals surface area contributed by atoms with Crippen LogP contribution in [0.5, 0.6) is 0 Å². The van der Waals surface area contributed by atoms with Gasteiger partial charge in [-0.15, -0.1) is 10.2 Å². The van der Waals surface area contributed by atoms with E-state index in [9.17, 15) is 4.79 Å². The fourth-order valence-corrected chi connectivity index (χ4v) is 2.85. The minimum absolute atomic E-state index is 0.150. The van der Waals surface area contributed by atoms with Gasteiger partial charge in [0.15, 0.2) is 5.82 Å². The van der Waals surface area contributed by atoms with Crippen LogP contribution in [0.3, 0.4) is 0 Å². The highest BCUT2D eigenvalue weighted by atomic mass is 16.2. The summed E-state index contributed by atoms with van der Waals surface area (Å²) in [7, 11) is 1.85. The van der Waals surface area contributed by atoms with Crippen molar-refractivity contribution in [1.82, 2.24) is 35.4 Å². The molecular formula is C15H22N8O. The summed E-state index contributed by atoms with van der Waals surface area (Å²) in [5.41, 5.74) is 0. The van der Waals surface area contributed by atoms with Gasteiger partial charge in [0.2, 0.25) is 5.95 Å². The third kappa shape index (κ3) is 3.79. The third-order valence-corrected chi connectivity index (χ3v) is 4.15. The lowest BCUT2D eigenvalue weighted by Gasteiger charge is -2.32. The van der Waals surface area contributed by atoms with Crippen LogP contribution in [-0.2, 0) is 7.05 Å². The van der Waals surface area contributed by atoms with Crippen molar-refractivity contribution >= 4 is 12.0 Å². The Morgan fingerprint density at radius 1 is 1.29 bits per heavy atom. The molecule has 0 aliphatic carbocycles. The molecule has 9 nitrogen and oxygen atoms in total. The normalized spacial score (nSPS) is 16.7. The molecule has 3 heterocycles. The number of carbonyl (C=O) groups excluding carboxylic acids is 1. The number of piperidine rings is 1. The number of rotatable bonds is 4. The van der Waals surface area contributed by atoms with Crippen molar-refractivity contribution in [3.63, 3.8) is 0 Å². The molecule has 0 spiro atoms. The molecule has 0 saturated carbocycles. The Kier molecular flexibility index (Phi) is 4.88. The Hall–Kier alpha value is -2.71. The summed E-state index contributed by atoms with van der Waals surface area (Å²) in [6.07, 6.45) is 6.84. The Bertz CT molecular complexity index is 665. The summed E-state index contributed by atoms with van der Waals surface area (Å²) in [5.74, 6) is 1.47. The van der Waals surface area contributed by atoms with E-state index in [1.54, 1.807) is 29.4 Å². The molecule has 1 aliphatic rings. The van der Waals surface area contributed by atoms with Crippen molar-refractivity contribution < 1.29 is 4.79 Å². The fourth-order valence-electron chi connectivity index (χ4n) is 2.85. The van der Waals surface area contributed by atoms with Gasteiger partial charge in [0.05, 0.1) is 6.04 Å². The lowest BCUT2D eigenvalue weighted by molar-refractivity contribution is 0.230. The van der Waals surface area contributed by atoms with Crippen LogP contribution in [0.2, 0.25) is 0 Å². The predicted octanol–water partition coefficient (Wildman–Crippen LogP) is 0.634. The maximum Gasteiger partial charge on any atom is 0.315 e. The topological polar surface area (TPSA) is 101 Å². The van der Waals surface area contributed by atoms with E-state index >= 15 is 0 Å². The summed E-state index contributed by atoms with van der Waals surface area (Å²) < 4.78 is 1.79. The van der Waals surface area contributed by atoms with Gasteiger partial charge in [-0.2, -0.15) is 0 Å². The first-order valence-corrected chi connectivity index (χ1v) is 8.06. The SMILES string of the molecule is C[C@H](NC(=O)NC1CCN(c2ncccn2)CC1)c1nncn1C. The number of nitrogens with zero attached hydrogens (tertiary/aromatic N) is 6. The van der Waals surface area contributed by atoms with Gasteiger partial charge in [0.25, 0.3) is 0 Å². The number of nitrogens with one attached hydrogen (secondary N) is 2. The first-order valence-electron chi connectivity index (χ1n) is 8.06. The summed E-state index contributed by atoms with van der Waals surface area (Å²) in [4.78, 5) is 22.8. The minimum Gasteiger partial charge on any atom is -0.341 e. The smallest absolute Gasteiger partial charge is 0.315 e. The molecule has 1 fully saturated rings. The summed E-state index contributed by atoms with van der Waals surface area (Å²) in [6.45, 7) is 3.54. The Balaban J connectivity index is 1.46. The summed E-state index contributed by atoms with van der Waals surface area (Å²) in [5, 5.41) is 13.8. The molecule has 0 bridgehead atoms. The molecule has 0 unspecified atom stereocenters. The van der Waals surface area contributed by atoms with Crippen LogP contribution in [0.25, 0.3) is 0 Å². The second-order valence-electron chi connectivity index (χ2n) is 5.95. The maximum absolute atomic E-state index is 12.2. The number of hydrogen-bond donors (Lipinski definition) is 2. The monoisotopic (exact) mass is 330 g/mol. The molecular weight excluding hydrogens is 308 g/mol. The number of carbonyl (C=O) groups is 1. The lowest BCUT2D eigenvalue weighted by atomic mass is 10.1. The van der Waals surface area contributed by atoms with Gasteiger partial charge in [0, 0.05) is 38.6 Å². The van der Waals surface area contributed by atoms with E-state index < -0.39 is 0 Å². The van der Waals surface area contributed by atoms with Crippen LogP contribution in [0.1, 0.15) is 31.6 Å². The zero-order chi connectivity index (χ0) is 16.9. The highest BCUT2D eigenvalue weighted by Crippen LogP contribution is 2.15. The average Bonchev–Trinajstić information content (AvgIpc) is 3.02. The van der Waals surface area contributed by atoms with Gasteiger partial charge in [-0.1, -0.05) is 0 Å². The molecule has 128 valence electrons. The number of aromatic nitrogens is 5. The van der Waals surface area contributed by atoms with Crippen molar-refractivity contribution in [2.24, 2.45) is 7.05 Å². The maximum atomic E-state index is 12.2. The van der Waals surface area contributed by atoms with E-state index in [1.807, 2.05) is 14.0 Å². The van der Waals surface area contributed by atoms with Crippen LogP contribution in [0, 0.1) is 0 Å². The summed E-state index contributed by atoms with van der Waals surface area (Å²) in [6, 6.07) is 1.58. The zero-order valence-corrected chi connectivity index (χ0v) is 13.9. The minimum atomic E-state index is -0.199. The second kappa shape index (κ2) is 7.24. The zero-order valence-electron chi connectivity index (χ0n) is 13.9. The molecule has 1 atom stereocenters. The van der Waals surface area contributed by atoms with Crippen molar-refractivity contribution in [2.45, 2.75) is 31.8 Å². The molecule has 9 heteroatoms. The molecule has 1 aliphatic heterocycles. The molecule has 0 radical (unpaired) electrons. The molecule has 3 rings (SSSR count). The van der Waals surface area contributed by atoms with Gasteiger partial charge in [-0.25, -0.2) is 14.8 Å². The molecule has 24 heavy (non-hydrogen) atoms. The van der Waals surface area contributed by atoms with Gasteiger partial charge < -0.3 is 20.1 Å². The van der Waals surface area contributed by atoms with Crippen molar-refractivity contribution in [3.05, 3.63) is 30.6 Å². The number of amides is 2. The van der Waals surface area contributed by atoms with E-state index in [0.717, 1.165) is 37.7 Å². The Labute approximate surface area is 140 Å². The van der Waals surface area contributed by atoms with E-state index in [4.69, 9.17) is 0 Å². The van der Waals surface area contributed by atoms with Crippen LogP contribution in [-0.4, -0.2) is 49.9 Å². The first-order chi connectivity index (χ1) is 11.6. The van der Waals surface area contributed by atoms with Crippen LogP contribution in [0.4, 0.5) is 10.7 Å². The molecule has 1 saturated heterocycles. The van der Waals surface area contributed by atoms with Gasteiger partial charge in [-0.05, 0) is 25.8 Å².